The molecular formula is C16H10F6N2O4. The van der Waals surface area contributed by atoms with Gasteiger partial charge in [0.2, 0.25) is 0 Å². The van der Waals surface area contributed by atoms with Gasteiger partial charge in [0.25, 0.3) is 0 Å². The molecule has 0 saturated heterocycles. The number of anilines is 1. The molecule has 0 radical (unpaired) electrons. The monoisotopic (exact) mass is 408 g/mol. The third-order valence-corrected chi connectivity index (χ3v) is 3.15. The second-order valence-corrected chi connectivity index (χ2v) is 5.18. The number of halogens is 6. The van der Waals surface area contributed by atoms with Crippen LogP contribution in [0.2, 0.25) is 0 Å². The molecule has 6 nitrogen and oxygen atoms in total. The number of nitrogens with one attached hydrogen (secondary N) is 1. The van der Waals surface area contributed by atoms with Crippen LogP contribution in [0.15, 0.2) is 48.5 Å². The SMILES string of the molecule is O=C(O)NN(C(=O)C(F)(F)F)c1ccc(Oc2cccc(C(F)(F)F)c2)cc1. The van der Waals surface area contributed by atoms with Crippen molar-refractivity contribution in [1.29, 1.82) is 0 Å². The highest BCUT2D eigenvalue weighted by Gasteiger charge is 2.44. The Morgan fingerprint density at radius 3 is 2.04 bits per heavy atom. The van der Waals surface area contributed by atoms with E-state index in [1.165, 1.54) is 11.5 Å². The number of benzene rings is 2. The van der Waals surface area contributed by atoms with Crippen LogP contribution >= 0.6 is 0 Å². The molecule has 28 heavy (non-hydrogen) atoms. The Hall–Kier alpha value is -3.44. The van der Waals surface area contributed by atoms with Crippen molar-refractivity contribution in [2.24, 2.45) is 0 Å². The number of amides is 2. The van der Waals surface area contributed by atoms with Crippen molar-refractivity contribution in [2.45, 2.75) is 12.4 Å². The summed E-state index contributed by atoms with van der Waals surface area (Å²) in [6.45, 7) is 0. The van der Waals surface area contributed by atoms with Gasteiger partial charge in [-0.05, 0) is 42.5 Å². The van der Waals surface area contributed by atoms with Crippen molar-refractivity contribution in [3.05, 3.63) is 54.1 Å². The molecule has 0 aromatic heterocycles. The van der Waals surface area contributed by atoms with Gasteiger partial charge in [-0.25, -0.2) is 15.2 Å². The van der Waals surface area contributed by atoms with Gasteiger partial charge in [0.1, 0.15) is 11.5 Å². The fourth-order valence-electron chi connectivity index (χ4n) is 1.99. The maximum atomic E-state index is 12.7. The van der Waals surface area contributed by atoms with Crippen LogP contribution in [-0.2, 0) is 11.0 Å². The van der Waals surface area contributed by atoms with Crippen LogP contribution in [0, 0.1) is 0 Å². The van der Waals surface area contributed by atoms with Crippen LogP contribution in [0.1, 0.15) is 5.56 Å². The number of carbonyl (C=O) groups is 2. The lowest BCUT2D eigenvalue weighted by molar-refractivity contribution is -0.171. The average molecular weight is 408 g/mol. The van der Waals surface area contributed by atoms with Gasteiger partial charge in [-0.1, -0.05) is 6.07 Å². The third-order valence-electron chi connectivity index (χ3n) is 3.15. The first kappa shape index (κ1) is 20.9. The highest BCUT2D eigenvalue weighted by Crippen LogP contribution is 2.33. The summed E-state index contributed by atoms with van der Waals surface area (Å²) in [7, 11) is 0. The van der Waals surface area contributed by atoms with Gasteiger partial charge in [-0.2, -0.15) is 26.3 Å². The summed E-state index contributed by atoms with van der Waals surface area (Å²) >= 11 is 0. The Balaban J connectivity index is 2.24. The third kappa shape index (κ3) is 5.28. The van der Waals surface area contributed by atoms with Crippen LogP contribution in [0.4, 0.5) is 36.8 Å². The zero-order chi connectivity index (χ0) is 21.1. The predicted molar refractivity (Wildman–Crippen MR) is 82.7 cm³/mol. The minimum absolute atomic E-state index is 0.0576. The van der Waals surface area contributed by atoms with E-state index in [4.69, 9.17) is 9.84 Å². The van der Waals surface area contributed by atoms with E-state index >= 15 is 0 Å². The van der Waals surface area contributed by atoms with Crippen molar-refractivity contribution in [3.8, 4) is 11.5 Å². The van der Waals surface area contributed by atoms with Crippen molar-refractivity contribution < 1.29 is 45.8 Å². The van der Waals surface area contributed by atoms with E-state index in [1.807, 2.05) is 0 Å². The van der Waals surface area contributed by atoms with E-state index in [9.17, 15) is 35.9 Å². The summed E-state index contributed by atoms with van der Waals surface area (Å²) in [5.41, 5.74) is -0.138. The van der Waals surface area contributed by atoms with E-state index in [0.29, 0.717) is 0 Å². The van der Waals surface area contributed by atoms with E-state index in [0.717, 1.165) is 42.5 Å². The Bertz CT molecular complexity index is 865. The molecule has 0 aliphatic carbocycles. The highest BCUT2D eigenvalue weighted by atomic mass is 19.4. The maximum absolute atomic E-state index is 12.7. The zero-order valence-electron chi connectivity index (χ0n) is 13.5. The maximum Gasteiger partial charge on any atom is 0.473 e. The van der Waals surface area contributed by atoms with Crippen LogP contribution in [0.5, 0.6) is 11.5 Å². The molecule has 2 amide bonds. The summed E-state index contributed by atoms with van der Waals surface area (Å²) < 4.78 is 81.0. The van der Waals surface area contributed by atoms with Crippen LogP contribution in [0.25, 0.3) is 0 Å². The van der Waals surface area contributed by atoms with Gasteiger partial charge in [-0.3, -0.25) is 4.79 Å². The summed E-state index contributed by atoms with van der Waals surface area (Å²) in [5.74, 6) is -2.73. The number of ether oxygens (including phenoxy) is 1. The number of hydrazine groups is 1. The smallest absolute Gasteiger partial charge is 0.464 e. The lowest BCUT2D eigenvalue weighted by Gasteiger charge is -2.22. The van der Waals surface area contributed by atoms with Gasteiger partial charge >= 0.3 is 24.4 Å². The second kappa shape index (κ2) is 7.66. The molecular weight excluding hydrogens is 398 g/mol. The molecule has 0 heterocycles. The molecule has 2 N–H and O–H groups in total. The lowest BCUT2D eigenvalue weighted by atomic mass is 10.2. The van der Waals surface area contributed by atoms with Gasteiger partial charge in [0, 0.05) is 0 Å². The Morgan fingerprint density at radius 2 is 1.54 bits per heavy atom. The standard InChI is InChI=1S/C16H10F6N2O4/c17-15(18,19)9-2-1-3-12(8-9)28-11-6-4-10(5-7-11)24(23-14(26)27)13(25)16(20,21)22/h1-8,23H,(H,26,27). The average Bonchev–Trinajstić information content (AvgIpc) is 2.58. The zero-order valence-corrected chi connectivity index (χ0v) is 13.5. The predicted octanol–water partition coefficient (Wildman–Crippen LogP) is 4.58. The summed E-state index contributed by atoms with van der Waals surface area (Å²) in [6.07, 6.45) is -11.9. The molecule has 2 aromatic rings. The first-order valence-electron chi connectivity index (χ1n) is 7.24. The minimum atomic E-state index is -5.35. The number of hydrogen-bond acceptors (Lipinski definition) is 3. The van der Waals surface area contributed by atoms with E-state index < -0.39 is 35.6 Å². The van der Waals surface area contributed by atoms with Crippen molar-refractivity contribution in [1.82, 2.24) is 5.43 Å². The molecule has 0 unspecified atom stereocenters. The Kier molecular flexibility index (Phi) is 5.71. The summed E-state index contributed by atoms with van der Waals surface area (Å²) in [6, 6.07) is 7.83. The van der Waals surface area contributed by atoms with Crippen molar-refractivity contribution in [3.63, 3.8) is 0 Å². The van der Waals surface area contributed by atoms with Gasteiger partial charge < -0.3 is 9.84 Å². The van der Waals surface area contributed by atoms with Crippen molar-refractivity contribution >= 4 is 17.7 Å². The molecule has 0 atom stereocenters. The minimum Gasteiger partial charge on any atom is -0.464 e. The number of nitrogens with zero attached hydrogens (tertiary/aromatic N) is 1. The molecule has 0 spiro atoms. The number of hydrogen-bond donors (Lipinski definition) is 2. The van der Waals surface area contributed by atoms with Crippen LogP contribution in [-0.4, -0.2) is 23.3 Å². The molecule has 0 saturated carbocycles. The number of alkyl halides is 6. The molecule has 2 aromatic carbocycles. The van der Waals surface area contributed by atoms with Crippen molar-refractivity contribution in [2.75, 3.05) is 5.01 Å². The number of carbonyl (C=O) groups excluding carboxylic acids is 1. The topological polar surface area (TPSA) is 78.9 Å². The van der Waals surface area contributed by atoms with E-state index in [2.05, 4.69) is 0 Å². The van der Waals surface area contributed by atoms with Gasteiger partial charge in [0.15, 0.2) is 0 Å². The molecule has 2 rings (SSSR count). The van der Waals surface area contributed by atoms with Gasteiger partial charge in [-0.15, -0.1) is 0 Å². The molecule has 12 heteroatoms. The lowest BCUT2D eigenvalue weighted by Crippen LogP contribution is -2.51. The summed E-state index contributed by atoms with van der Waals surface area (Å²) in [4.78, 5) is 22.0. The normalized spacial score (nSPS) is 11.6. The van der Waals surface area contributed by atoms with Crippen LogP contribution in [0.3, 0.4) is 0 Å². The quantitative estimate of drug-likeness (QED) is 0.576. The van der Waals surface area contributed by atoms with E-state index in [-0.39, 0.29) is 16.5 Å². The first-order valence-corrected chi connectivity index (χ1v) is 7.24. The fraction of sp³-hybridized carbons (Fsp3) is 0.125. The molecule has 0 aliphatic rings. The Labute approximate surface area is 152 Å². The van der Waals surface area contributed by atoms with Gasteiger partial charge in [0.05, 0.1) is 11.3 Å². The second-order valence-electron chi connectivity index (χ2n) is 5.18. The molecule has 0 bridgehead atoms. The number of carboxylic acid groups (broad SMARTS) is 1. The first-order chi connectivity index (χ1) is 12.9. The molecule has 150 valence electrons. The van der Waals surface area contributed by atoms with E-state index in [1.54, 1.807) is 0 Å². The largest absolute Gasteiger partial charge is 0.473 e. The summed E-state index contributed by atoms with van der Waals surface area (Å²) in [5, 5.41) is 8.37. The molecule has 0 aliphatic heterocycles. The molecule has 0 fully saturated rings. The Morgan fingerprint density at radius 1 is 0.929 bits per heavy atom. The number of rotatable bonds is 3. The van der Waals surface area contributed by atoms with Crippen LogP contribution < -0.4 is 15.2 Å². The highest BCUT2D eigenvalue weighted by molar-refractivity contribution is 5.98. The fourth-order valence-corrected chi connectivity index (χ4v) is 1.99.